The number of nitrogens with one attached hydrogen (secondary N) is 1. The van der Waals surface area contributed by atoms with Crippen LogP contribution < -0.4 is 5.32 Å². The van der Waals surface area contributed by atoms with Gasteiger partial charge in [0.2, 0.25) is 5.91 Å². The highest BCUT2D eigenvalue weighted by molar-refractivity contribution is 5.76. The first-order valence-electron chi connectivity index (χ1n) is 28.3. The van der Waals surface area contributed by atoms with Gasteiger partial charge >= 0.3 is 0 Å². The summed E-state index contributed by atoms with van der Waals surface area (Å²) in [7, 11) is 0. The van der Waals surface area contributed by atoms with Gasteiger partial charge in [-0.3, -0.25) is 4.79 Å². The molecule has 0 fully saturated rings. The molecule has 0 radical (unpaired) electrons. The van der Waals surface area contributed by atoms with Crippen LogP contribution in [0.15, 0.2) is 85.1 Å². The van der Waals surface area contributed by atoms with Crippen molar-refractivity contribution in [3.63, 3.8) is 0 Å². The zero-order valence-corrected chi connectivity index (χ0v) is 43.2. The Morgan fingerprint density at radius 2 is 0.677 bits per heavy atom. The van der Waals surface area contributed by atoms with Crippen molar-refractivity contribution in [2.24, 2.45) is 0 Å². The molecule has 2 atom stereocenters. The van der Waals surface area contributed by atoms with E-state index in [0.717, 1.165) is 64.2 Å². The van der Waals surface area contributed by atoms with Crippen molar-refractivity contribution in [1.29, 1.82) is 0 Å². The number of unbranched alkanes of at least 4 members (excludes halogenated alkanes) is 32. The van der Waals surface area contributed by atoms with Gasteiger partial charge in [0.25, 0.3) is 0 Å². The van der Waals surface area contributed by atoms with Gasteiger partial charge in [0, 0.05) is 6.42 Å². The summed E-state index contributed by atoms with van der Waals surface area (Å²) in [5, 5.41) is 23.1. The Morgan fingerprint density at radius 3 is 1.02 bits per heavy atom. The molecule has 0 spiro atoms. The van der Waals surface area contributed by atoms with E-state index in [0.29, 0.717) is 6.42 Å². The summed E-state index contributed by atoms with van der Waals surface area (Å²) in [5.41, 5.74) is 0. The molecule has 4 heteroatoms. The molecule has 0 saturated carbocycles. The van der Waals surface area contributed by atoms with Crippen LogP contribution in [0.25, 0.3) is 0 Å². The molecular formula is C61H109NO3. The summed E-state index contributed by atoms with van der Waals surface area (Å²) >= 11 is 0. The van der Waals surface area contributed by atoms with Crippen LogP contribution in [0.5, 0.6) is 0 Å². The summed E-state index contributed by atoms with van der Waals surface area (Å²) in [6.07, 6.45) is 81.7. The number of carbonyl (C=O) groups excluding carboxylic acids is 1. The van der Waals surface area contributed by atoms with E-state index in [1.54, 1.807) is 6.08 Å². The second kappa shape index (κ2) is 55.9. The Morgan fingerprint density at radius 1 is 0.385 bits per heavy atom. The van der Waals surface area contributed by atoms with Crippen molar-refractivity contribution in [2.75, 3.05) is 6.61 Å². The van der Waals surface area contributed by atoms with Gasteiger partial charge in [-0.2, -0.15) is 0 Å². The zero-order valence-electron chi connectivity index (χ0n) is 43.2. The summed E-state index contributed by atoms with van der Waals surface area (Å²) in [4.78, 5) is 12.5. The molecule has 2 unspecified atom stereocenters. The van der Waals surface area contributed by atoms with E-state index in [-0.39, 0.29) is 12.5 Å². The standard InChI is InChI=1S/C61H109NO3/c1-3-5-7-9-11-13-15-17-19-21-22-23-24-25-26-27-28-29-30-31-32-33-34-35-36-37-38-39-40-41-43-45-47-49-51-53-55-57-61(65)62-59(58-63)60(64)56-54-52-50-48-46-44-42-20-18-16-14-12-10-8-6-4-2/h5,7,11,13,17,19,22-23,25-26,28-29,54,56,59-60,63-64H,3-4,6,8-10,12,14-16,18,20-21,24,27,30-53,55,57-58H2,1-2H3,(H,62,65)/b7-5-,13-11-,19-17-,23-22-,26-25-,29-28-,56-54+. The first-order chi connectivity index (χ1) is 32.2. The van der Waals surface area contributed by atoms with E-state index in [2.05, 4.69) is 92.1 Å². The van der Waals surface area contributed by atoms with Gasteiger partial charge in [0.05, 0.1) is 18.8 Å². The normalized spacial score (nSPS) is 13.5. The number of hydrogen-bond donors (Lipinski definition) is 3. The van der Waals surface area contributed by atoms with E-state index >= 15 is 0 Å². The molecular weight excluding hydrogens is 795 g/mol. The third-order valence-corrected chi connectivity index (χ3v) is 12.6. The fourth-order valence-corrected chi connectivity index (χ4v) is 8.36. The van der Waals surface area contributed by atoms with E-state index in [1.165, 1.54) is 193 Å². The van der Waals surface area contributed by atoms with Gasteiger partial charge in [-0.05, 0) is 70.6 Å². The van der Waals surface area contributed by atoms with Gasteiger partial charge in [0.1, 0.15) is 0 Å². The molecule has 1 amide bonds. The highest BCUT2D eigenvalue weighted by Crippen LogP contribution is 2.16. The van der Waals surface area contributed by atoms with Crippen molar-refractivity contribution in [3.8, 4) is 0 Å². The number of carbonyl (C=O) groups is 1. The molecule has 0 heterocycles. The molecule has 0 bridgehead atoms. The first-order valence-corrected chi connectivity index (χ1v) is 28.3. The van der Waals surface area contributed by atoms with E-state index in [4.69, 9.17) is 0 Å². The molecule has 0 rings (SSSR count). The number of amides is 1. The maximum absolute atomic E-state index is 12.5. The average Bonchev–Trinajstić information content (AvgIpc) is 3.31. The minimum atomic E-state index is -0.841. The van der Waals surface area contributed by atoms with Crippen molar-refractivity contribution in [3.05, 3.63) is 85.1 Å². The monoisotopic (exact) mass is 904 g/mol. The maximum atomic E-state index is 12.5. The average molecular weight is 905 g/mol. The van der Waals surface area contributed by atoms with Gasteiger partial charge < -0.3 is 15.5 Å². The Labute approximate surface area is 405 Å². The smallest absolute Gasteiger partial charge is 0.220 e. The molecule has 4 nitrogen and oxygen atoms in total. The van der Waals surface area contributed by atoms with Crippen LogP contribution in [-0.2, 0) is 4.79 Å². The summed E-state index contributed by atoms with van der Waals surface area (Å²) in [6, 6.07) is -0.624. The lowest BCUT2D eigenvalue weighted by atomic mass is 10.0. The summed E-state index contributed by atoms with van der Waals surface area (Å²) < 4.78 is 0. The minimum Gasteiger partial charge on any atom is -0.394 e. The number of aliphatic hydroxyl groups excluding tert-OH is 2. The molecule has 0 saturated heterocycles. The molecule has 0 aliphatic rings. The van der Waals surface area contributed by atoms with Crippen molar-refractivity contribution in [2.45, 2.75) is 289 Å². The number of aliphatic hydroxyl groups is 2. The first kappa shape index (κ1) is 62.6. The van der Waals surface area contributed by atoms with Crippen LogP contribution in [0.2, 0.25) is 0 Å². The quantitative estimate of drug-likeness (QED) is 0.0421. The minimum absolute atomic E-state index is 0.0631. The van der Waals surface area contributed by atoms with Crippen LogP contribution >= 0.6 is 0 Å². The van der Waals surface area contributed by atoms with Crippen LogP contribution in [0.3, 0.4) is 0 Å². The molecule has 0 aliphatic heterocycles. The van der Waals surface area contributed by atoms with Gasteiger partial charge in [-0.25, -0.2) is 0 Å². The van der Waals surface area contributed by atoms with Crippen LogP contribution in [0.1, 0.15) is 277 Å². The highest BCUT2D eigenvalue weighted by atomic mass is 16.3. The molecule has 0 aromatic carbocycles. The van der Waals surface area contributed by atoms with Crippen molar-refractivity contribution in [1.82, 2.24) is 5.32 Å². The fourth-order valence-electron chi connectivity index (χ4n) is 8.36. The van der Waals surface area contributed by atoms with Gasteiger partial charge in [0.15, 0.2) is 0 Å². The lowest BCUT2D eigenvalue weighted by Gasteiger charge is -2.20. The topological polar surface area (TPSA) is 69.6 Å². The number of allylic oxidation sites excluding steroid dienone is 13. The number of hydrogen-bond acceptors (Lipinski definition) is 3. The predicted molar refractivity (Wildman–Crippen MR) is 290 cm³/mol. The molecule has 65 heavy (non-hydrogen) atoms. The van der Waals surface area contributed by atoms with Gasteiger partial charge in [-0.15, -0.1) is 0 Å². The van der Waals surface area contributed by atoms with Crippen LogP contribution in [0.4, 0.5) is 0 Å². The second-order valence-corrected chi connectivity index (χ2v) is 19.0. The largest absolute Gasteiger partial charge is 0.394 e. The Hall–Kier alpha value is -2.43. The Kier molecular flexibility index (Phi) is 53.8. The molecule has 376 valence electrons. The maximum Gasteiger partial charge on any atom is 0.220 e. The SMILES string of the molecule is CC/C=C\C/C=C\C/C=C\C/C=C\C/C=C\C/C=C\CCCCCCCCCCCCCCCCCCCCC(=O)NC(CO)C(O)/C=C/CCCCCCCCCCCCCCCC. The van der Waals surface area contributed by atoms with Crippen molar-refractivity contribution < 1.29 is 15.0 Å². The Bertz CT molecular complexity index is 1160. The predicted octanol–water partition coefficient (Wildman–Crippen LogP) is 18.8. The fraction of sp³-hybridized carbons (Fsp3) is 0.754. The summed E-state index contributed by atoms with van der Waals surface area (Å²) in [5.74, 6) is -0.0631. The second-order valence-electron chi connectivity index (χ2n) is 19.0. The molecule has 0 aromatic rings. The Balaban J connectivity index is 3.48. The molecule has 0 aromatic heterocycles. The van der Waals surface area contributed by atoms with Crippen LogP contribution in [-0.4, -0.2) is 34.9 Å². The summed E-state index contributed by atoms with van der Waals surface area (Å²) in [6.45, 7) is 4.20. The third-order valence-electron chi connectivity index (χ3n) is 12.6. The highest BCUT2D eigenvalue weighted by Gasteiger charge is 2.18. The molecule has 3 N–H and O–H groups in total. The van der Waals surface area contributed by atoms with E-state index in [1.807, 2.05) is 6.08 Å². The third kappa shape index (κ3) is 52.4. The number of rotatable bonds is 51. The van der Waals surface area contributed by atoms with Gasteiger partial charge in [-0.1, -0.05) is 285 Å². The molecule has 0 aliphatic carbocycles. The lowest BCUT2D eigenvalue weighted by molar-refractivity contribution is -0.123. The van der Waals surface area contributed by atoms with E-state index in [9.17, 15) is 15.0 Å². The van der Waals surface area contributed by atoms with Crippen molar-refractivity contribution >= 4 is 5.91 Å². The lowest BCUT2D eigenvalue weighted by Crippen LogP contribution is -2.45. The van der Waals surface area contributed by atoms with E-state index < -0.39 is 12.1 Å². The zero-order chi connectivity index (χ0) is 47.0. The van der Waals surface area contributed by atoms with Crippen LogP contribution in [0, 0.1) is 0 Å².